The van der Waals surface area contributed by atoms with Crippen molar-refractivity contribution in [2.24, 2.45) is 0 Å². The van der Waals surface area contributed by atoms with Crippen LogP contribution in [0.1, 0.15) is 10.4 Å². The summed E-state index contributed by atoms with van der Waals surface area (Å²) in [4.78, 5) is 12.6. The fraction of sp³-hybridized carbons (Fsp3) is 0.0833. The second-order valence-corrected chi connectivity index (χ2v) is 7.10. The second kappa shape index (κ2) is 8.43. The molecule has 0 unspecified atom stereocenters. The molecule has 1 N–H and O–H groups in total. The van der Waals surface area contributed by atoms with Gasteiger partial charge in [0.15, 0.2) is 11.5 Å². The van der Waals surface area contributed by atoms with Gasteiger partial charge in [-0.1, -0.05) is 36.4 Å². The lowest BCUT2D eigenvalue weighted by Gasteiger charge is -2.09. The molecule has 8 heteroatoms. The number of nitrogens with one attached hydrogen (secondary N) is 1. The van der Waals surface area contributed by atoms with Crippen LogP contribution < -0.4 is 10.1 Å². The van der Waals surface area contributed by atoms with Crippen LogP contribution in [0.25, 0.3) is 27.8 Å². The van der Waals surface area contributed by atoms with Crippen LogP contribution in [0.2, 0.25) is 0 Å². The number of halogens is 1. The summed E-state index contributed by atoms with van der Waals surface area (Å²) in [6.45, 7) is 0.553. The third-order valence-electron chi connectivity index (χ3n) is 5.01. The van der Waals surface area contributed by atoms with E-state index in [1.165, 1.54) is 16.6 Å². The van der Waals surface area contributed by atoms with Crippen LogP contribution in [-0.4, -0.2) is 38.9 Å². The van der Waals surface area contributed by atoms with Crippen molar-refractivity contribution in [1.29, 1.82) is 0 Å². The van der Waals surface area contributed by atoms with Gasteiger partial charge in [-0.3, -0.25) is 4.79 Å². The van der Waals surface area contributed by atoms with E-state index in [0.717, 1.165) is 10.8 Å². The van der Waals surface area contributed by atoms with Crippen LogP contribution >= 0.6 is 0 Å². The molecule has 2 heterocycles. The topological polar surface area (TPSA) is 81.4 Å². The Labute approximate surface area is 182 Å². The Kier molecular flexibility index (Phi) is 5.17. The van der Waals surface area contributed by atoms with E-state index in [4.69, 9.17) is 4.74 Å². The molecule has 0 bridgehead atoms. The Morgan fingerprint density at radius 3 is 2.62 bits per heavy atom. The number of nitrogens with zero attached hydrogens (tertiary/aromatic N) is 4. The number of rotatable bonds is 6. The number of carbonyl (C=O) groups excluding carboxylic acids is 1. The summed E-state index contributed by atoms with van der Waals surface area (Å²) in [5.74, 6) is 0.353. The largest absolute Gasteiger partial charge is 0.475 e. The lowest BCUT2D eigenvalue weighted by atomic mass is 10.0. The van der Waals surface area contributed by atoms with Gasteiger partial charge in [0.1, 0.15) is 12.4 Å². The van der Waals surface area contributed by atoms with Gasteiger partial charge >= 0.3 is 0 Å². The highest BCUT2D eigenvalue weighted by molar-refractivity contribution is 6.06. The normalized spacial score (nSPS) is 11.0. The Morgan fingerprint density at radius 2 is 1.75 bits per heavy atom. The monoisotopic (exact) mass is 427 g/mol. The van der Waals surface area contributed by atoms with E-state index in [1.807, 2.05) is 36.4 Å². The molecule has 3 aromatic carbocycles. The Morgan fingerprint density at radius 1 is 0.938 bits per heavy atom. The predicted octanol–water partition coefficient (Wildman–Crippen LogP) is 3.89. The van der Waals surface area contributed by atoms with Gasteiger partial charge in [-0.15, -0.1) is 15.3 Å². The van der Waals surface area contributed by atoms with Crippen molar-refractivity contribution >= 4 is 22.3 Å². The number of carbonyl (C=O) groups is 1. The molecule has 32 heavy (non-hydrogen) atoms. The first-order valence-corrected chi connectivity index (χ1v) is 10.1. The van der Waals surface area contributed by atoms with E-state index >= 15 is 0 Å². The van der Waals surface area contributed by atoms with E-state index < -0.39 is 0 Å². The van der Waals surface area contributed by atoms with Gasteiger partial charge in [0, 0.05) is 17.2 Å². The van der Waals surface area contributed by atoms with Gasteiger partial charge in [0.2, 0.25) is 5.88 Å². The smallest absolute Gasteiger partial charge is 0.252 e. The molecule has 2 aromatic heterocycles. The van der Waals surface area contributed by atoms with Crippen LogP contribution in [0.5, 0.6) is 5.88 Å². The predicted molar refractivity (Wildman–Crippen MR) is 118 cm³/mol. The van der Waals surface area contributed by atoms with Crippen molar-refractivity contribution in [2.75, 3.05) is 13.2 Å². The molecule has 5 aromatic rings. The van der Waals surface area contributed by atoms with Gasteiger partial charge in [-0.05, 0) is 47.2 Å². The maximum absolute atomic E-state index is 13.2. The van der Waals surface area contributed by atoms with Crippen LogP contribution in [0.15, 0.2) is 78.9 Å². The molecule has 5 rings (SSSR count). The van der Waals surface area contributed by atoms with Crippen molar-refractivity contribution in [3.05, 3.63) is 90.2 Å². The molecule has 0 aliphatic rings. The number of fused-ring (bicyclic) bond motifs is 2. The highest BCUT2D eigenvalue weighted by atomic mass is 19.1. The minimum absolute atomic E-state index is 0.161. The zero-order valence-electron chi connectivity index (χ0n) is 16.9. The standard InChI is InChI=1S/C24H18FN5O2/c25-18-10-8-17(9-11-18)23-28-27-21-12-13-22(29-30(21)23)32-15-14-26-24(31)20-7-3-5-16-4-1-2-6-19(16)20/h1-13H,14-15H2,(H,26,31). The summed E-state index contributed by atoms with van der Waals surface area (Å²) in [6.07, 6.45) is 0. The highest BCUT2D eigenvalue weighted by Gasteiger charge is 2.12. The minimum Gasteiger partial charge on any atom is -0.475 e. The maximum Gasteiger partial charge on any atom is 0.252 e. The van der Waals surface area contributed by atoms with E-state index in [9.17, 15) is 9.18 Å². The summed E-state index contributed by atoms with van der Waals surface area (Å²) >= 11 is 0. The van der Waals surface area contributed by atoms with Crippen LogP contribution in [0.4, 0.5) is 4.39 Å². The van der Waals surface area contributed by atoms with E-state index in [-0.39, 0.29) is 18.3 Å². The molecule has 0 saturated heterocycles. The molecule has 0 aliphatic carbocycles. The molecule has 0 saturated carbocycles. The van der Waals surface area contributed by atoms with Crippen LogP contribution in [0, 0.1) is 5.82 Å². The van der Waals surface area contributed by atoms with Gasteiger partial charge in [0.05, 0.1) is 6.54 Å². The summed E-state index contributed by atoms with van der Waals surface area (Å²) in [5, 5.41) is 17.4. The fourth-order valence-corrected chi connectivity index (χ4v) is 3.47. The van der Waals surface area contributed by atoms with E-state index in [1.54, 1.807) is 30.3 Å². The third-order valence-corrected chi connectivity index (χ3v) is 5.01. The van der Waals surface area contributed by atoms with E-state index in [0.29, 0.717) is 35.0 Å². The molecule has 1 amide bonds. The maximum atomic E-state index is 13.2. The van der Waals surface area contributed by atoms with Crippen molar-refractivity contribution in [3.8, 4) is 17.3 Å². The van der Waals surface area contributed by atoms with Gasteiger partial charge in [0.25, 0.3) is 5.91 Å². The average Bonchev–Trinajstić information content (AvgIpc) is 3.25. The van der Waals surface area contributed by atoms with Crippen LogP contribution in [0.3, 0.4) is 0 Å². The first kappa shape index (κ1) is 19.6. The Balaban J connectivity index is 1.25. The average molecular weight is 427 g/mol. The summed E-state index contributed by atoms with van der Waals surface area (Å²) < 4.78 is 20.5. The zero-order chi connectivity index (χ0) is 21.9. The molecule has 0 radical (unpaired) electrons. The van der Waals surface area contributed by atoms with E-state index in [2.05, 4.69) is 20.6 Å². The van der Waals surface area contributed by atoms with Crippen molar-refractivity contribution < 1.29 is 13.9 Å². The molecule has 0 fully saturated rings. The molecule has 0 aliphatic heterocycles. The number of aromatic nitrogens is 4. The van der Waals surface area contributed by atoms with Crippen molar-refractivity contribution in [2.45, 2.75) is 0 Å². The SMILES string of the molecule is O=C(NCCOc1ccc2nnc(-c3ccc(F)cc3)n2n1)c1cccc2ccccc12. The lowest BCUT2D eigenvalue weighted by Crippen LogP contribution is -2.28. The lowest BCUT2D eigenvalue weighted by molar-refractivity contribution is 0.0948. The number of amides is 1. The molecule has 158 valence electrons. The first-order valence-electron chi connectivity index (χ1n) is 10.1. The molecule has 0 spiro atoms. The van der Waals surface area contributed by atoms with Gasteiger partial charge in [-0.25, -0.2) is 4.39 Å². The summed E-state index contributed by atoms with van der Waals surface area (Å²) in [7, 11) is 0. The van der Waals surface area contributed by atoms with Gasteiger partial charge in [-0.2, -0.15) is 4.52 Å². The fourth-order valence-electron chi connectivity index (χ4n) is 3.47. The second-order valence-electron chi connectivity index (χ2n) is 7.10. The minimum atomic E-state index is -0.329. The number of ether oxygens (including phenoxy) is 1. The third kappa shape index (κ3) is 3.85. The molecule has 0 atom stereocenters. The number of hydrogen-bond acceptors (Lipinski definition) is 5. The Hall–Kier alpha value is -4.33. The first-order chi connectivity index (χ1) is 15.7. The summed E-state index contributed by atoms with van der Waals surface area (Å²) in [6, 6.07) is 22.8. The summed E-state index contributed by atoms with van der Waals surface area (Å²) in [5.41, 5.74) is 1.85. The number of benzene rings is 3. The van der Waals surface area contributed by atoms with Crippen LogP contribution in [-0.2, 0) is 0 Å². The molecular formula is C24H18FN5O2. The Bertz CT molecular complexity index is 1410. The van der Waals surface area contributed by atoms with Gasteiger partial charge < -0.3 is 10.1 Å². The van der Waals surface area contributed by atoms with Crippen molar-refractivity contribution in [1.82, 2.24) is 25.1 Å². The molecular weight excluding hydrogens is 409 g/mol. The highest BCUT2D eigenvalue weighted by Crippen LogP contribution is 2.20. The zero-order valence-corrected chi connectivity index (χ0v) is 16.9. The molecule has 7 nitrogen and oxygen atoms in total. The van der Waals surface area contributed by atoms with Crippen molar-refractivity contribution in [3.63, 3.8) is 0 Å². The quantitative estimate of drug-likeness (QED) is 0.416. The number of hydrogen-bond donors (Lipinski definition) is 1.